The molecule has 2 amide bonds. The Morgan fingerprint density at radius 1 is 1.26 bits per heavy atom. The minimum Gasteiger partial charge on any atom is -0.278 e. The number of hydrogen-bond donors (Lipinski definition) is 1. The summed E-state index contributed by atoms with van der Waals surface area (Å²) in [5, 5.41) is 6.45. The molecule has 0 spiro atoms. The van der Waals surface area contributed by atoms with Gasteiger partial charge in [0, 0.05) is 18.5 Å². The van der Waals surface area contributed by atoms with E-state index >= 15 is 0 Å². The monoisotopic (exact) mass is 256 g/mol. The molecular formula is C13H12N4O2. The number of benzene rings is 1. The van der Waals surface area contributed by atoms with Gasteiger partial charge in [0.2, 0.25) is 5.91 Å². The van der Waals surface area contributed by atoms with Crippen LogP contribution in [-0.2, 0) is 17.6 Å². The number of aromatic nitrogens is 3. The number of nitrogens with one attached hydrogen (secondary N) is 1. The average molecular weight is 256 g/mol. The molecule has 3 rings (SSSR count). The first-order valence-electron chi connectivity index (χ1n) is 6.02. The number of H-pyrrole nitrogens is 1. The molecule has 1 N–H and O–H groups in total. The Hall–Kier alpha value is -2.50. The molecular weight excluding hydrogens is 244 g/mol. The van der Waals surface area contributed by atoms with Crippen LogP contribution in [0.1, 0.15) is 21.7 Å². The number of rotatable bonds is 3. The van der Waals surface area contributed by atoms with Gasteiger partial charge < -0.3 is 0 Å². The normalized spacial score (nSPS) is 14.6. The molecule has 0 aliphatic carbocycles. The summed E-state index contributed by atoms with van der Waals surface area (Å²) in [6, 6.07) is 7.22. The molecule has 6 nitrogen and oxygen atoms in total. The van der Waals surface area contributed by atoms with Crippen LogP contribution in [0, 0.1) is 0 Å². The zero-order valence-corrected chi connectivity index (χ0v) is 10.2. The third-order valence-electron chi connectivity index (χ3n) is 3.17. The summed E-state index contributed by atoms with van der Waals surface area (Å²) in [5.41, 5.74) is 1.41. The molecule has 0 saturated heterocycles. The summed E-state index contributed by atoms with van der Waals surface area (Å²) in [4.78, 5) is 29.5. The summed E-state index contributed by atoms with van der Waals surface area (Å²) in [7, 11) is 0. The Kier molecular flexibility index (Phi) is 2.83. The van der Waals surface area contributed by atoms with Gasteiger partial charge in [0.1, 0.15) is 12.2 Å². The van der Waals surface area contributed by atoms with E-state index in [9.17, 15) is 9.59 Å². The van der Waals surface area contributed by atoms with E-state index < -0.39 is 0 Å². The molecule has 0 atom stereocenters. The van der Waals surface area contributed by atoms with Gasteiger partial charge in [-0.2, -0.15) is 5.10 Å². The Morgan fingerprint density at radius 2 is 2.11 bits per heavy atom. The SMILES string of the molecule is O=C1Cc2ccccc2C(=O)N1CCc1ncn[nH]1. The fourth-order valence-electron chi connectivity index (χ4n) is 2.20. The van der Waals surface area contributed by atoms with Crippen molar-refractivity contribution in [2.24, 2.45) is 0 Å². The number of amides is 2. The molecule has 2 aromatic rings. The fourth-order valence-corrected chi connectivity index (χ4v) is 2.20. The van der Waals surface area contributed by atoms with Crippen molar-refractivity contribution in [1.29, 1.82) is 0 Å². The summed E-state index contributed by atoms with van der Waals surface area (Å²) >= 11 is 0. The van der Waals surface area contributed by atoms with Crippen LogP contribution in [-0.4, -0.2) is 38.4 Å². The highest BCUT2D eigenvalue weighted by Crippen LogP contribution is 2.19. The summed E-state index contributed by atoms with van der Waals surface area (Å²) in [6.45, 7) is 0.321. The highest BCUT2D eigenvalue weighted by molar-refractivity contribution is 6.09. The second-order valence-electron chi connectivity index (χ2n) is 4.37. The van der Waals surface area contributed by atoms with E-state index in [2.05, 4.69) is 15.2 Å². The maximum atomic E-state index is 12.2. The summed E-state index contributed by atoms with van der Waals surface area (Å²) < 4.78 is 0. The van der Waals surface area contributed by atoms with Crippen molar-refractivity contribution in [1.82, 2.24) is 20.1 Å². The van der Waals surface area contributed by atoms with E-state index in [4.69, 9.17) is 0 Å². The Bertz CT molecular complexity index is 621. The van der Waals surface area contributed by atoms with Gasteiger partial charge >= 0.3 is 0 Å². The third-order valence-corrected chi connectivity index (χ3v) is 3.17. The van der Waals surface area contributed by atoms with E-state index in [0.29, 0.717) is 24.4 Å². The number of hydrogen-bond acceptors (Lipinski definition) is 4. The van der Waals surface area contributed by atoms with Crippen LogP contribution < -0.4 is 0 Å². The lowest BCUT2D eigenvalue weighted by molar-refractivity contribution is -0.128. The first-order valence-corrected chi connectivity index (χ1v) is 6.02. The minimum atomic E-state index is -0.230. The Morgan fingerprint density at radius 3 is 2.89 bits per heavy atom. The predicted molar refractivity (Wildman–Crippen MR) is 66.3 cm³/mol. The second-order valence-corrected chi connectivity index (χ2v) is 4.37. The molecule has 0 bridgehead atoms. The maximum Gasteiger partial charge on any atom is 0.260 e. The van der Waals surface area contributed by atoms with Crippen molar-refractivity contribution in [2.45, 2.75) is 12.8 Å². The van der Waals surface area contributed by atoms with Crippen LogP contribution in [0.15, 0.2) is 30.6 Å². The molecule has 2 heterocycles. The smallest absolute Gasteiger partial charge is 0.260 e. The highest BCUT2D eigenvalue weighted by Gasteiger charge is 2.30. The molecule has 1 aromatic carbocycles. The number of carbonyl (C=O) groups excluding carboxylic acids is 2. The van der Waals surface area contributed by atoms with E-state index in [1.54, 1.807) is 12.1 Å². The molecule has 6 heteroatoms. The highest BCUT2D eigenvalue weighted by atomic mass is 16.2. The first-order chi connectivity index (χ1) is 9.25. The molecule has 1 aliphatic heterocycles. The molecule has 0 unspecified atom stereocenters. The number of imide groups is 1. The molecule has 1 aliphatic rings. The van der Waals surface area contributed by atoms with Gasteiger partial charge in [-0.05, 0) is 11.6 Å². The van der Waals surface area contributed by atoms with Crippen LogP contribution in [0.3, 0.4) is 0 Å². The largest absolute Gasteiger partial charge is 0.278 e. The van der Waals surface area contributed by atoms with Gasteiger partial charge in [-0.1, -0.05) is 18.2 Å². The number of carbonyl (C=O) groups is 2. The lowest BCUT2D eigenvalue weighted by Gasteiger charge is -2.26. The maximum absolute atomic E-state index is 12.2. The summed E-state index contributed by atoms with van der Waals surface area (Å²) in [6.07, 6.45) is 2.17. The quantitative estimate of drug-likeness (QED) is 0.814. The predicted octanol–water partition coefficient (Wildman–Crippen LogP) is 0.572. The van der Waals surface area contributed by atoms with Crippen LogP contribution in [0.2, 0.25) is 0 Å². The van der Waals surface area contributed by atoms with E-state index in [1.807, 2.05) is 12.1 Å². The van der Waals surface area contributed by atoms with Gasteiger partial charge in [0.25, 0.3) is 5.91 Å². The standard InChI is InChI=1S/C13H12N4O2/c18-12-7-9-3-1-2-4-10(9)13(19)17(12)6-5-11-14-8-15-16-11/h1-4,8H,5-7H2,(H,14,15,16). The zero-order chi connectivity index (χ0) is 13.2. The van der Waals surface area contributed by atoms with Crippen LogP contribution in [0.4, 0.5) is 0 Å². The van der Waals surface area contributed by atoms with Crippen LogP contribution >= 0.6 is 0 Å². The van der Waals surface area contributed by atoms with Gasteiger partial charge in [-0.25, -0.2) is 4.98 Å². The van der Waals surface area contributed by atoms with Gasteiger partial charge in [-0.15, -0.1) is 0 Å². The van der Waals surface area contributed by atoms with Crippen molar-refractivity contribution in [3.63, 3.8) is 0 Å². The number of nitrogens with zero attached hydrogens (tertiary/aromatic N) is 3. The fraction of sp³-hybridized carbons (Fsp3) is 0.231. The number of aromatic amines is 1. The molecule has 0 saturated carbocycles. The molecule has 0 fully saturated rings. The topological polar surface area (TPSA) is 79.0 Å². The van der Waals surface area contributed by atoms with Crippen molar-refractivity contribution >= 4 is 11.8 Å². The van der Waals surface area contributed by atoms with Gasteiger partial charge in [-0.3, -0.25) is 19.6 Å². The lowest BCUT2D eigenvalue weighted by Crippen LogP contribution is -2.43. The van der Waals surface area contributed by atoms with E-state index in [1.165, 1.54) is 11.2 Å². The molecule has 19 heavy (non-hydrogen) atoms. The van der Waals surface area contributed by atoms with Gasteiger partial charge in [0.05, 0.1) is 6.42 Å². The van der Waals surface area contributed by atoms with E-state index in [-0.39, 0.29) is 18.2 Å². The third kappa shape index (κ3) is 2.12. The van der Waals surface area contributed by atoms with Gasteiger partial charge in [0.15, 0.2) is 0 Å². The molecule has 0 radical (unpaired) electrons. The number of fused-ring (bicyclic) bond motifs is 1. The van der Waals surface area contributed by atoms with Crippen molar-refractivity contribution < 1.29 is 9.59 Å². The lowest BCUT2D eigenvalue weighted by atomic mass is 9.98. The summed E-state index contributed by atoms with van der Waals surface area (Å²) in [5.74, 6) is 0.272. The Balaban J connectivity index is 1.79. The first kappa shape index (κ1) is 11.6. The molecule has 96 valence electrons. The Labute approximate surface area is 109 Å². The van der Waals surface area contributed by atoms with Crippen molar-refractivity contribution in [2.75, 3.05) is 6.54 Å². The molecule has 1 aromatic heterocycles. The van der Waals surface area contributed by atoms with Crippen LogP contribution in [0.5, 0.6) is 0 Å². The van der Waals surface area contributed by atoms with E-state index in [0.717, 1.165) is 5.56 Å². The van der Waals surface area contributed by atoms with Crippen LogP contribution in [0.25, 0.3) is 0 Å². The average Bonchev–Trinajstić information content (AvgIpc) is 2.92. The zero-order valence-electron chi connectivity index (χ0n) is 10.2. The van der Waals surface area contributed by atoms with Crippen molar-refractivity contribution in [3.05, 3.63) is 47.5 Å². The van der Waals surface area contributed by atoms with Crippen molar-refractivity contribution in [3.8, 4) is 0 Å². The second kappa shape index (κ2) is 4.64. The minimum absolute atomic E-state index is 0.164.